The van der Waals surface area contributed by atoms with Crippen LogP contribution in [0.2, 0.25) is 0 Å². The molecular formula is C24H30FN3O. The van der Waals surface area contributed by atoms with E-state index in [1.165, 1.54) is 17.7 Å². The predicted molar refractivity (Wildman–Crippen MR) is 115 cm³/mol. The lowest BCUT2D eigenvalue weighted by atomic mass is 10.0. The van der Waals surface area contributed by atoms with Crippen molar-refractivity contribution < 1.29 is 9.18 Å². The minimum atomic E-state index is -0.249. The molecule has 0 aromatic heterocycles. The first-order valence-electron chi connectivity index (χ1n) is 10.5. The quantitative estimate of drug-likeness (QED) is 0.616. The number of unbranched alkanes of at least 4 members (excludes halogenated alkanes) is 2. The molecule has 2 aromatic carbocycles. The average Bonchev–Trinajstić information content (AvgIpc) is 3.15. The summed E-state index contributed by atoms with van der Waals surface area (Å²) in [6, 6.07) is 16.7. The third-order valence-electron chi connectivity index (χ3n) is 5.27. The molecule has 0 saturated carbocycles. The topological polar surface area (TPSA) is 44.7 Å². The third-order valence-corrected chi connectivity index (χ3v) is 5.27. The molecule has 1 amide bonds. The fourth-order valence-electron chi connectivity index (χ4n) is 3.72. The number of hydrogen-bond acceptors (Lipinski definition) is 3. The molecule has 0 aliphatic carbocycles. The highest BCUT2D eigenvalue weighted by Gasteiger charge is 2.31. The Bertz CT molecular complexity index is 820. The Morgan fingerprint density at radius 3 is 2.59 bits per heavy atom. The molecule has 1 unspecified atom stereocenters. The Hall–Kier alpha value is -2.69. The zero-order valence-corrected chi connectivity index (χ0v) is 17.3. The van der Waals surface area contributed by atoms with Crippen molar-refractivity contribution in [1.29, 1.82) is 0 Å². The fraction of sp³-hybridized carbons (Fsp3) is 0.417. The zero-order chi connectivity index (χ0) is 20.6. The molecule has 154 valence electrons. The van der Waals surface area contributed by atoms with Crippen molar-refractivity contribution in [1.82, 2.24) is 10.3 Å². The van der Waals surface area contributed by atoms with Gasteiger partial charge in [0.2, 0.25) is 0 Å². The maximum Gasteiger partial charge on any atom is 0.267 e. The Kier molecular flexibility index (Phi) is 7.39. The molecular weight excluding hydrogens is 365 g/mol. The molecule has 0 bridgehead atoms. The first-order chi connectivity index (χ1) is 14.1. The molecule has 1 N–H and O–H groups in total. The Balaban J connectivity index is 1.63. The molecule has 29 heavy (non-hydrogen) atoms. The van der Waals surface area contributed by atoms with Gasteiger partial charge in [-0.1, -0.05) is 62.2 Å². The van der Waals surface area contributed by atoms with E-state index in [0.29, 0.717) is 18.6 Å². The SMILES string of the molecule is CCCCCN1N=C(C(=O)N[C@H](C)Cc2ccc(F)cc2)CC1c1ccccc1. The summed E-state index contributed by atoms with van der Waals surface area (Å²) in [4.78, 5) is 12.8. The first kappa shape index (κ1) is 21.0. The lowest BCUT2D eigenvalue weighted by molar-refractivity contribution is -0.115. The molecule has 0 fully saturated rings. The van der Waals surface area contributed by atoms with Crippen LogP contribution in [0.15, 0.2) is 59.7 Å². The Morgan fingerprint density at radius 1 is 1.17 bits per heavy atom. The molecule has 3 rings (SSSR count). The number of halogens is 1. The van der Waals surface area contributed by atoms with Crippen LogP contribution in [0.5, 0.6) is 0 Å². The van der Waals surface area contributed by atoms with E-state index < -0.39 is 0 Å². The molecule has 0 spiro atoms. The fourth-order valence-corrected chi connectivity index (χ4v) is 3.72. The number of carbonyl (C=O) groups is 1. The highest BCUT2D eigenvalue weighted by molar-refractivity contribution is 6.39. The van der Waals surface area contributed by atoms with Crippen LogP contribution in [0.1, 0.15) is 56.7 Å². The number of rotatable bonds is 9. The largest absolute Gasteiger partial charge is 0.348 e. The van der Waals surface area contributed by atoms with Gasteiger partial charge in [-0.3, -0.25) is 9.80 Å². The summed E-state index contributed by atoms with van der Waals surface area (Å²) < 4.78 is 13.1. The summed E-state index contributed by atoms with van der Waals surface area (Å²) in [7, 11) is 0. The van der Waals surface area contributed by atoms with Crippen LogP contribution in [0, 0.1) is 5.82 Å². The van der Waals surface area contributed by atoms with E-state index in [4.69, 9.17) is 0 Å². The molecule has 0 saturated heterocycles. The normalized spacial score (nSPS) is 17.1. The number of hydrazone groups is 1. The summed E-state index contributed by atoms with van der Waals surface area (Å²) in [6.45, 7) is 5.00. The molecule has 1 aliphatic heterocycles. The number of hydrogen-bond donors (Lipinski definition) is 1. The molecule has 1 aliphatic rings. The van der Waals surface area contributed by atoms with Gasteiger partial charge in [-0.15, -0.1) is 0 Å². The lowest BCUT2D eigenvalue weighted by Crippen LogP contribution is -2.38. The lowest BCUT2D eigenvalue weighted by Gasteiger charge is -2.23. The van der Waals surface area contributed by atoms with Gasteiger partial charge >= 0.3 is 0 Å². The van der Waals surface area contributed by atoms with Crippen LogP contribution in [-0.2, 0) is 11.2 Å². The van der Waals surface area contributed by atoms with Gasteiger partial charge in [-0.25, -0.2) is 4.39 Å². The summed E-state index contributed by atoms with van der Waals surface area (Å²) >= 11 is 0. The predicted octanol–water partition coefficient (Wildman–Crippen LogP) is 4.87. The van der Waals surface area contributed by atoms with E-state index in [0.717, 1.165) is 31.4 Å². The van der Waals surface area contributed by atoms with Crippen LogP contribution in [0.3, 0.4) is 0 Å². The number of nitrogens with zero attached hydrogens (tertiary/aromatic N) is 2. The summed E-state index contributed by atoms with van der Waals surface area (Å²) in [5.74, 6) is -0.362. The number of nitrogens with one attached hydrogen (secondary N) is 1. The summed E-state index contributed by atoms with van der Waals surface area (Å²) in [5, 5.41) is 9.81. The molecule has 2 atom stereocenters. The summed E-state index contributed by atoms with van der Waals surface area (Å²) in [6.07, 6.45) is 4.65. The molecule has 0 radical (unpaired) electrons. The van der Waals surface area contributed by atoms with Gasteiger partial charge < -0.3 is 5.32 Å². The summed E-state index contributed by atoms with van der Waals surface area (Å²) in [5.41, 5.74) is 2.77. The average molecular weight is 396 g/mol. The standard InChI is InChI=1S/C24H30FN3O/c1-3-4-8-15-28-23(20-9-6-5-7-10-20)17-22(27-28)24(29)26-18(2)16-19-11-13-21(25)14-12-19/h5-7,9-14,18,23H,3-4,8,15-17H2,1-2H3,(H,26,29)/t18-,23?/m1/s1. The van der Waals surface area contributed by atoms with Gasteiger partial charge in [0.1, 0.15) is 11.5 Å². The maximum atomic E-state index is 13.1. The second-order valence-corrected chi connectivity index (χ2v) is 7.75. The second kappa shape index (κ2) is 10.2. The highest BCUT2D eigenvalue weighted by atomic mass is 19.1. The van der Waals surface area contributed by atoms with E-state index in [9.17, 15) is 9.18 Å². The van der Waals surface area contributed by atoms with Gasteiger partial charge in [-0.2, -0.15) is 5.10 Å². The van der Waals surface area contributed by atoms with E-state index in [2.05, 4.69) is 34.5 Å². The van der Waals surface area contributed by atoms with Crippen LogP contribution in [0.25, 0.3) is 0 Å². The van der Waals surface area contributed by atoms with Crippen molar-refractivity contribution in [2.45, 2.75) is 58.0 Å². The molecule has 1 heterocycles. The van der Waals surface area contributed by atoms with Crippen molar-refractivity contribution in [2.75, 3.05) is 6.54 Å². The van der Waals surface area contributed by atoms with E-state index in [1.807, 2.05) is 25.1 Å². The number of amides is 1. The van der Waals surface area contributed by atoms with Gasteiger partial charge in [-0.05, 0) is 43.0 Å². The van der Waals surface area contributed by atoms with Crippen molar-refractivity contribution in [3.63, 3.8) is 0 Å². The van der Waals surface area contributed by atoms with E-state index in [1.54, 1.807) is 12.1 Å². The van der Waals surface area contributed by atoms with Gasteiger partial charge in [0, 0.05) is 19.0 Å². The molecule has 4 nitrogen and oxygen atoms in total. The number of benzene rings is 2. The van der Waals surface area contributed by atoms with Crippen LogP contribution in [-0.4, -0.2) is 29.2 Å². The van der Waals surface area contributed by atoms with Crippen LogP contribution >= 0.6 is 0 Å². The minimum absolute atomic E-state index is 0.0556. The zero-order valence-electron chi connectivity index (χ0n) is 17.3. The van der Waals surface area contributed by atoms with Gasteiger partial charge in [0.05, 0.1) is 6.04 Å². The molecule has 2 aromatic rings. The maximum absolute atomic E-state index is 13.1. The highest BCUT2D eigenvalue weighted by Crippen LogP contribution is 2.31. The van der Waals surface area contributed by atoms with Gasteiger partial charge in [0.25, 0.3) is 5.91 Å². The van der Waals surface area contributed by atoms with Crippen LogP contribution in [0.4, 0.5) is 4.39 Å². The van der Waals surface area contributed by atoms with Crippen molar-refractivity contribution >= 4 is 11.6 Å². The minimum Gasteiger partial charge on any atom is -0.348 e. The third kappa shape index (κ3) is 5.89. The second-order valence-electron chi connectivity index (χ2n) is 7.75. The van der Waals surface area contributed by atoms with E-state index in [-0.39, 0.29) is 23.8 Å². The smallest absolute Gasteiger partial charge is 0.267 e. The van der Waals surface area contributed by atoms with Gasteiger partial charge in [0.15, 0.2) is 0 Å². The van der Waals surface area contributed by atoms with Crippen molar-refractivity contribution in [3.8, 4) is 0 Å². The van der Waals surface area contributed by atoms with Crippen molar-refractivity contribution in [3.05, 3.63) is 71.5 Å². The monoisotopic (exact) mass is 395 g/mol. The van der Waals surface area contributed by atoms with Crippen LogP contribution < -0.4 is 5.32 Å². The van der Waals surface area contributed by atoms with E-state index >= 15 is 0 Å². The van der Waals surface area contributed by atoms with Crippen molar-refractivity contribution in [2.24, 2.45) is 5.10 Å². The Morgan fingerprint density at radius 2 is 1.90 bits per heavy atom. The Labute approximate surface area is 172 Å². The number of carbonyl (C=O) groups excluding carboxylic acids is 1. The molecule has 5 heteroatoms. The first-order valence-corrected chi connectivity index (χ1v) is 10.5.